The van der Waals surface area contributed by atoms with Crippen LogP contribution >= 0.6 is 11.6 Å². The van der Waals surface area contributed by atoms with E-state index in [0.717, 1.165) is 12.0 Å². The Balaban J connectivity index is 2.02. The number of carbonyl (C=O) groups excluding carboxylic acids is 2. The predicted molar refractivity (Wildman–Crippen MR) is 85.1 cm³/mol. The van der Waals surface area contributed by atoms with Gasteiger partial charge < -0.3 is 15.0 Å². The second-order valence-corrected chi connectivity index (χ2v) is 5.79. The molecule has 1 aromatic carbocycles. The van der Waals surface area contributed by atoms with Crippen LogP contribution in [0.3, 0.4) is 0 Å². The van der Waals surface area contributed by atoms with Gasteiger partial charge in [0.2, 0.25) is 5.91 Å². The van der Waals surface area contributed by atoms with E-state index < -0.39 is 6.04 Å². The van der Waals surface area contributed by atoms with Crippen molar-refractivity contribution >= 4 is 23.4 Å². The molecule has 0 unspecified atom stereocenters. The molecule has 0 aliphatic carbocycles. The second kappa shape index (κ2) is 7.49. The first-order chi connectivity index (χ1) is 10.5. The summed E-state index contributed by atoms with van der Waals surface area (Å²) in [6.45, 7) is 4.88. The highest BCUT2D eigenvalue weighted by Gasteiger charge is 2.30. The molecule has 0 saturated carbocycles. The monoisotopic (exact) mass is 324 g/mol. The molecule has 120 valence electrons. The first-order valence-corrected chi connectivity index (χ1v) is 7.87. The number of halogens is 1. The van der Waals surface area contributed by atoms with Crippen LogP contribution in [0.15, 0.2) is 18.2 Å². The normalized spacial score (nSPS) is 18.6. The molecule has 0 bridgehead atoms. The molecule has 2 rings (SSSR count). The average Bonchev–Trinajstić information content (AvgIpc) is 2.67. The fraction of sp³-hybridized carbons (Fsp3) is 0.500. The van der Waals surface area contributed by atoms with Crippen molar-refractivity contribution in [1.82, 2.24) is 10.2 Å². The van der Waals surface area contributed by atoms with Gasteiger partial charge >= 0.3 is 0 Å². The minimum atomic E-state index is -0.412. The largest absolute Gasteiger partial charge is 0.483 e. The van der Waals surface area contributed by atoms with Gasteiger partial charge in [0.25, 0.3) is 5.91 Å². The van der Waals surface area contributed by atoms with E-state index in [9.17, 15) is 9.59 Å². The van der Waals surface area contributed by atoms with Crippen LogP contribution in [0.4, 0.5) is 0 Å². The summed E-state index contributed by atoms with van der Waals surface area (Å²) in [6.07, 6.45) is 1.35. The van der Waals surface area contributed by atoms with Gasteiger partial charge in [0.15, 0.2) is 6.61 Å². The number of nitrogens with one attached hydrogen (secondary N) is 1. The van der Waals surface area contributed by atoms with Crippen molar-refractivity contribution in [3.8, 4) is 5.75 Å². The lowest BCUT2D eigenvalue weighted by molar-refractivity contribution is -0.141. The number of hydrogen-bond acceptors (Lipinski definition) is 3. The zero-order valence-corrected chi connectivity index (χ0v) is 13.7. The summed E-state index contributed by atoms with van der Waals surface area (Å²) >= 11 is 5.90. The highest BCUT2D eigenvalue weighted by atomic mass is 35.5. The summed E-state index contributed by atoms with van der Waals surface area (Å²) in [6, 6.07) is 4.85. The number of hydrogen-bond donors (Lipinski definition) is 1. The summed E-state index contributed by atoms with van der Waals surface area (Å²) in [5, 5.41) is 3.46. The van der Waals surface area contributed by atoms with E-state index >= 15 is 0 Å². The third-order valence-corrected chi connectivity index (χ3v) is 3.98. The summed E-state index contributed by atoms with van der Waals surface area (Å²) in [5.41, 5.74) is 0.876. The minimum absolute atomic E-state index is 0.0771. The molecule has 1 saturated heterocycles. The van der Waals surface area contributed by atoms with Gasteiger partial charge in [0.1, 0.15) is 11.8 Å². The number of carbonyl (C=O) groups is 2. The molecule has 1 N–H and O–H groups in total. The van der Waals surface area contributed by atoms with E-state index in [2.05, 4.69) is 5.32 Å². The van der Waals surface area contributed by atoms with Crippen LogP contribution in [0.1, 0.15) is 25.3 Å². The Labute approximate surface area is 135 Å². The third-order valence-electron chi connectivity index (χ3n) is 3.75. The highest BCUT2D eigenvalue weighted by Crippen LogP contribution is 2.22. The van der Waals surface area contributed by atoms with Gasteiger partial charge in [-0.1, -0.05) is 18.5 Å². The molecule has 22 heavy (non-hydrogen) atoms. The van der Waals surface area contributed by atoms with Crippen LogP contribution in [0.5, 0.6) is 5.75 Å². The van der Waals surface area contributed by atoms with Crippen molar-refractivity contribution in [2.75, 3.05) is 19.7 Å². The van der Waals surface area contributed by atoms with E-state index in [1.54, 1.807) is 23.1 Å². The molecule has 1 heterocycles. The van der Waals surface area contributed by atoms with Crippen molar-refractivity contribution in [1.29, 1.82) is 0 Å². The molecule has 1 aliphatic heterocycles. The second-order valence-electron chi connectivity index (χ2n) is 5.35. The number of rotatable bonds is 4. The molecule has 1 aromatic rings. The Kier molecular flexibility index (Phi) is 5.66. The van der Waals surface area contributed by atoms with Gasteiger partial charge in [0.05, 0.1) is 0 Å². The first-order valence-electron chi connectivity index (χ1n) is 7.49. The Hall–Kier alpha value is -1.75. The molecular weight excluding hydrogens is 304 g/mol. The van der Waals surface area contributed by atoms with Gasteiger partial charge in [0, 0.05) is 18.1 Å². The topological polar surface area (TPSA) is 58.6 Å². The Morgan fingerprint density at radius 3 is 2.95 bits per heavy atom. The van der Waals surface area contributed by atoms with E-state index in [-0.39, 0.29) is 18.4 Å². The van der Waals surface area contributed by atoms with Gasteiger partial charge in [-0.15, -0.1) is 0 Å². The van der Waals surface area contributed by atoms with Crippen molar-refractivity contribution in [3.63, 3.8) is 0 Å². The molecule has 1 fully saturated rings. The lowest BCUT2D eigenvalue weighted by atomic mass is 10.1. The maximum Gasteiger partial charge on any atom is 0.261 e. The highest BCUT2D eigenvalue weighted by molar-refractivity contribution is 6.30. The maximum absolute atomic E-state index is 12.4. The SMILES string of the molecule is CC[C@@H]1C(=O)NCCCN1C(=O)COc1ccc(Cl)cc1C. The number of ether oxygens (including phenoxy) is 1. The van der Waals surface area contributed by atoms with Crippen molar-refractivity contribution in [2.45, 2.75) is 32.7 Å². The molecule has 6 heteroatoms. The molecule has 0 aromatic heterocycles. The third kappa shape index (κ3) is 3.91. The van der Waals surface area contributed by atoms with Crippen molar-refractivity contribution < 1.29 is 14.3 Å². The quantitative estimate of drug-likeness (QED) is 0.923. The van der Waals surface area contributed by atoms with Crippen LogP contribution in [-0.4, -0.2) is 42.5 Å². The molecule has 0 radical (unpaired) electrons. The van der Waals surface area contributed by atoms with Crippen molar-refractivity contribution in [2.24, 2.45) is 0 Å². The first kappa shape index (κ1) is 16.6. The summed E-state index contributed by atoms with van der Waals surface area (Å²) in [4.78, 5) is 26.0. The minimum Gasteiger partial charge on any atom is -0.483 e. The molecule has 2 amide bonds. The fourth-order valence-electron chi connectivity index (χ4n) is 2.58. The number of benzene rings is 1. The van der Waals surface area contributed by atoms with Crippen LogP contribution < -0.4 is 10.1 Å². The number of aryl methyl sites for hydroxylation is 1. The van der Waals surface area contributed by atoms with E-state index in [0.29, 0.717) is 30.3 Å². The van der Waals surface area contributed by atoms with Gasteiger partial charge in [-0.3, -0.25) is 9.59 Å². The lowest BCUT2D eigenvalue weighted by Crippen LogP contribution is -2.48. The van der Waals surface area contributed by atoms with Crippen LogP contribution in [0, 0.1) is 6.92 Å². The van der Waals surface area contributed by atoms with Gasteiger partial charge in [-0.25, -0.2) is 0 Å². The summed E-state index contributed by atoms with van der Waals surface area (Å²) in [7, 11) is 0. The Morgan fingerprint density at radius 1 is 1.50 bits per heavy atom. The zero-order chi connectivity index (χ0) is 16.1. The standard InChI is InChI=1S/C16H21ClN2O3/c1-3-13-16(21)18-7-4-8-19(13)15(20)10-22-14-6-5-12(17)9-11(14)2/h5-6,9,13H,3-4,7-8,10H2,1-2H3,(H,18,21)/t13-/m1/s1. The van der Waals surface area contributed by atoms with E-state index in [4.69, 9.17) is 16.3 Å². The predicted octanol–water partition coefficient (Wildman–Crippen LogP) is 2.15. The van der Waals surface area contributed by atoms with Crippen LogP contribution in [-0.2, 0) is 9.59 Å². The number of amides is 2. The van der Waals surface area contributed by atoms with Crippen LogP contribution in [0.25, 0.3) is 0 Å². The molecule has 0 spiro atoms. The maximum atomic E-state index is 12.4. The van der Waals surface area contributed by atoms with Gasteiger partial charge in [-0.2, -0.15) is 0 Å². The summed E-state index contributed by atoms with van der Waals surface area (Å²) < 4.78 is 5.59. The fourth-order valence-corrected chi connectivity index (χ4v) is 2.80. The smallest absolute Gasteiger partial charge is 0.261 e. The summed E-state index contributed by atoms with van der Waals surface area (Å²) in [5.74, 6) is 0.374. The van der Waals surface area contributed by atoms with E-state index in [1.165, 1.54) is 0 Å². The van der Waals surface area contributed by atoms with Crippen molar-refractivity contribution in [3.05, 3.63) is 28.8 Å². The molecule has 1 aliphatic rings. The van der Waals surface area contributed by atoms with Crippen LogP contribution in [0.2, 0.25) is 5.02 Å². The Morgan fingerprint density at radius 2 is 2.27 bits per heavy atom. The Bertz CT molecular complexity index is 562. The molecule has 5 nitrogen and oxygen atoms in total. The molecular formula is C16H21ClN2O3. The lowest BCUT2D eigenvalue weighted by Gasteiger charge is -2.27. The average molecular weight is 325 g/mol. The van der Waals surface area contributed by atoms with Gasteiger partial charge in [-0.05, 0) is 43.5 Å². The molecule has 1 atom stereocenters. The number of nitrogens with zero attached hydrogens (tertiary/aromatic N) is 1. The van der Waals surface area contributed by atoms with E-state index in [1.807, 2.05) is 13.8 Å². The zero-order valence-electron chi connectivity index (χ0n) is 12.9.